The largest absolute Gasteiger partial charge is 0.326 e. The molecule has 116 valence electrons. The van der Waals surface area contributed by atoms with Crippen molar-refractivity contribution in [2.75, 3.05) is 5.32 Å². The highest BCUT2D eigenvalue weighted by atomic mass is 35.5. The molecule has 22 heavy (non-hydrogen) atoms. The summed E-state index contributed by atoms with van der Waals surface area (Å²) in [6.07, 6.45) is 1.94. The second-order valence-corrected chi connectivity index (χ2v) is 6.07. The van der Waals surface area contributed by atoms with Gasteiger partial charge >= 0.3 is 0 Å². The molecular formula is C18H19Cl2NO. The summed E-state index contributed by atoms with van der Waals surface area (Å²) >= 11 is 11.9. The first kappa shape index (κ1) is 16.9. The number of benzene rings is 2. The molecule has 1 amide bonds. The summed E-state index contributed by atoms with van der Waals surface area (Å²) in [6, 6.07) is 11.5. The van der Waals surface area contributed by atoms with E-state index in [2.05, 4.69) is 12.2 Å². The van der Waals surface area contributed by atoms with E-state index in [0.29, 0.717) is 22.9 Å². The van der Waals surface area contributed by atoms with E-state index in [1.54, 1.807) is 6.07 Å². The van der Waals surface area contributed by atoms with Gasteiger partial charge in [0.2, 0.25) is 5.91 Å². The number of rotatable bonds is 5. The number of hydrogen-bond acceptors (Lipinski definition) is 1. The minimum Gasteiger partial charge on any atom is -0.326 e. The van der Waals surface area contributed by atoms with Crippen LogP contribution in [0, 0.1) is 6.92 Å². The van der Waals surface area contributed by atoms with Gasteiger partial charge in [0.15, 0.2) is 0 Å². The zero-order valence-corrected chi connectivity index (χ0v) is 14.3. The summed E-state index contributed by atoms with van der Waals surface area (Å²) < 4.78 is 0. The van der Waals surface area contributed by atoms with E-state index >= 15 is 0 Å². The van der Waals surface area contributed by atoms with Crippen molar-refractivity contribution in [3.05, 3.63) is 63.1 Å². The van der Waals surface area contributed by atoms with Crippen molar-refractivity contribution in [1.29, 1.82) is 0 Å². The number of para-hydroxylation sites is 1. The molecular weight excluding hydrogens is 317 g/mol. The van der Waals surface area contributed by atoms with Crippen LogP contribution >= 0.6 is 23.2 Å². The van der Waals surface area contributed by atoms with Gasteiger partial charge in [0.1, 0.15) is 0 Å². The monoisotopic (exact) mass is 335 g/mol. The van der Waals surface area contributed by atoms with Crippen molar-refractivity contribution in [3.8, 4) is 0 Å². The fourth-order valence-corrected chi connectivity index (χ4v) is 2.68. The van der Waals surface area contributed by atoms with E-state index in [4.69, 9.17) is 23.2 Å². The summed E-state index contributed by atoms with van der Waals surface area (Å²) in [4.78, 5) is 12.2. The molecule has 0 saturated carbocycles. The Kier molecular flexibility index (Phi) is 5.87. The smallest absolute Gasteiger partial charge is 0.224 e. The Morgan fingerprint density at radius 1 is 1.14 bits per heavy atom. The number of amides is 1. The maximum atomic E-state index is 12.2. The first-order valence-electron chi connectivity index (χ1n) is 7.33. The number of hydrogen-bond donors (Lipinski definition) is 1. The molecule has 0 aromatic heterocycles. The Bertz CT molecular complexity index is 683. The fourth-order valence-electron chi connectivity index (χ4n) is 2.36. The molecule has 0 fully saturated rings. The molecule has 0 aliphatic carbocycles. The van der Waals surface area contributed by atoms with Gasteiger partial charge in [-0.2, -0.15) is 0 Å². The number of carbonyl (C=O) groups excluding carboxylic acids is 1. The average molecular weight is 336 g/mol. The molecule has 0 bridgehead atoms. The van der Waals surface area contributed by atoms with Crippen LogP contribution in [0.5, 0.6) is 0 Å². The van der Waals surface area contributed by atoms with Crippen molar-refractivity contribution in [2.45, 2.75) is 33.1 Å². The highest BCUT2D eigenvalue weighted by Gasteiger charge is 2.09. The van der Waals surface area contributed by atoms with Crippen LogP contribution in [0.1, 0.15) is 30.0 Å². The fraction of sp³-hybridized carbons (Fsp3) is 0.278. The van der Waals surface area contributed by atoms with Gasteiger partial charge in [-0.1, -0.05) is 54.4 Å². The van der Waals surface area contributed by atoms with E-state index in [0.717, 1.165) is 28.8 Å². The number of halogens is 2. The lowest BCUT2D eigenvalue weighted by atomic mass is 10.1. The zero-order chi connectivity index (χ0) is 16.1. The van der Waals surface area contributed by atoms with E-state index in [1.807, 2.05) is 37.3 Å². The van der Waals surface area contributed by atoms with Crippen LogP contribution in [-0.2, 0) is 17.6 Å². The number of carbonyl (C=O) groups is 1. The van der Waals surface area contributed by atoms with Crippen molar-refractivity contribution in [2.24, 2.45) is 0 Å². The topological polar surface area (TPSA) is 29.1 Å². The molecule has 2 aromatic rings. The minimum absolute atomic E-state index is 0.00933. The second-order valence-electron chi connectivity index (χ2n) is 5.26. The molecule has 0 heterocycles. The van der Waals surface area contributed by atoms with Crippen molar-refractivity contribution in [3.63, 3.8) is 0 Å². The van der Waals surface area contributed by atoms with Gasteiger partial charge in [-0.3, -0.25) is 4.79 Å². The summed E-state index contributed by atoms with van der Waals surface area (Å²) in [6.45, 7) is 4.09. The van der Waals surface area contributed by atoms with Gasteiger partial charge < -0.3 is 5.32 Å². The molecule has 0 aliphatic rings. The van der Waals surface area contributed by atoms with Crippen LogP contribution in [0.4, 0.5) is 5.69 Å². The van der Waals surface area contributed by atoms with Gasteiger partial charge in [-0.15, -0.1) is 0 Å². The molecule has 0 saturated heterocycles. The van der Waals surface area contributed by atoms with Gasteiger partial charge in [0.25, 0.3) is 0 Å². The average Bonchev–Trinajstić information content (AvgIpc) is 2.50. The predicted octanol–water partition coefficient (Wildman–Crippen LogP) is 5.44. The molecule has 0 aliphatic heterocycles. The quantitative estimate of drug-likeness (QED) is 0.774. The van der Waals surface area contributed by atoms with Crippen LogP contribution in [0.2, 0.25) is 10.0 Å². The van der Waals surface area contributed by atoms with Crippen LogP contribution in [-0.4, -0.2) is 5.91 Å². The minimum atomic E-state index is 0.00933. The molecule has 2 aromatic carbocycles. The molecule has 0 radical (unpaired) electrons. The standard InChI is InChI=1S/C18H19Cl2NO/c1-3-14-6-4-5-12(2)18(14)21-17(22)10-8-13-7-9-15(19)16(20)11-13/h4-7,9,11H,3,8,10H2,1-2H3,(H,21,22). The first-order valence-corrected chi connectivity index (χ1v) is 8.09. The number of aryl methyl sites for hydroxylation is 3. The Balaban J connectivity index is 2.00. The zero-order valence-electron chi connectivity index (χ0n) is 12.7. The molecule has 2 nitrogen and oxygen atoms in total. The maximum Gasteiger partial charge on any atom is 0.224 e. The van der Waals surface area contributed by atoms with E-state index in [1.165, 1.54) is 0 Å². The van der Waals surface area contributed by atoms with Gasteiger partial charge in [-0.25, -0.2) is 0 Å². The predicted molar refractivity (Wildman–Crippen MR) is 94.0 cm³/mol. The number of nitrogens with one attached hydrogen (secondary N) is 1. The number of anilines is 1. The molecule has 4 heteroatoms. The highest BCUT2D eigenvalue weighted by Crippen LogP contribution is 2.24. The Labute approximate surface area is 141 Å². The Morgan fingerprint density at radius 2 is 1.91 bits per heavy atom. The maximum absolute atomic E-state index is 12.2. The lowest BCUT2D eigenvalue weighted by Crippen LogP contribution is -2.14. The molecule has 2 rings (SSSR count). The van der Waals surface area contributed by atoms with Gasteiger partial charge in [-0.05, 0) is 48.6 Å². The van der Waals surface area contributed by atoms with Crippen LogP contribution in [0.3, 0.4) is 0 Å². The first-order chi connectivity index (χ1) is 10.5. The molecule has 1 N–H and O–H groups in total. The molecule has 0 atom stereocenters. The normalized spacial score (nSPS) is 10.5. The second kappa shape index (κ2) is 7.66. The Hall–Kier alpha value is -1.51. The summed E-state index contributed by atoms with van der Waals surface area (Å²) in [5.41, 5.74) is 4.18. The third-order valence-electron chi connectivity index (χ3n) is 3.63. The van der Waals surface area contributed by atoms with E-state index in [9.17, 15) is 4.79 Å². The lowest BCUT2D eigenvalue weighted by molar-refractivity contribution is -0.116. The van der Waals surface area contributed by atoms with Crippen LogP contribution in [0.25, 0.3) is 0 Å². The van der Waals surface area contributed by atoms with E-state index < -0.39 is 0 Å². The summed E-state index contributed by atoms with van der Waals surface area (Å²) in [5, 5.41) is 4.08. The van der Waals surface area contributed by atoms with Crippen molar-refractivity contribution in [1.82, 2.24) is 0 Å². The van der Waals surface area contributed by atoms with E-state index in [-0.39, 0.29) is 5.91 Å². The third kappa shape index (κ3) is 4.25. The summed E-state index contributed by atoms with van der Waals surface area (Å²) in [7, 11) is 0. The van der Waals surface area contributed by atoms with Gasteiger partial charge in [0, 0.05) is 12.1 Å². The highest BCUT2D eigenvalue weighted by molar-refractivity contribution is 6.42. The lowest BCUT2D eigenvalue weighted by Gasteiger charge is -2.13. The third-order valence-corrected chi connectivity index (χ3v) is 4.37. The Morgan fingerprint density at radius 3 is 2.59 bits per heavy atom. The van der Waals surface area contributed by atoms with Crippen LogP contribution < -0.4 is 5.32 Å². The van der Waals surface area contributed by atoms with Crippen molar-refractivity contribution < 1.29 is 4.79 Å². The molecule has 0 spiro atoms. The SMILES string of the molecule is CCc1cccc(C)c1NC(=O)CCc1ccc(Cl)c(Cl)c1. The summed E-state index contributed by atoms with van der Waals surface area (Å²) in [5.74, 6) is 0.00933. The van der Waals surface area contributed by atoms with Crippen molar-refractivity contribution >= 4 is 34.8 Å². The molecule has 0 unspecified atom stereocenters. The van der Waals surface area contributed by atoms with Crippen LogP contribution in [0.15, 0.2) is 36.4 Å². The van der Waals surface area contributed by atoms with Gasteiger partial charge in [0.05, 0.1) is 10.0 Å².